The third-order valence-corrected chi connectivity index (χ3v) is 4.59. The van der Waals surface area contributed by atoms with Crippen molar-refractivity contribution in [2.24, 2.45) is 0 Å². The van der Waals surface area contributed by atoms with Crippen molar-refractivity contribution in [3.05, 3.63) is 59.9 Å². The van der Waals surface area contributed by atoms with E-state index in [1.807, 2.05) is 49.4 Å². The summed E-state index contributed by atoms with van der Waals surface area (Å²) in [5.74, 6) is 0.868. The Morgan fingerprint density at radius 2 is 1.80 bits per heavy atom. The van der Waals surface area contributed by atoms with Gasteiger partial charge in [-0.05, 0) is 50.1 Å². The number of aryl methyl sites for hydroxylation is 1. The number of nitrogens with zero attached hydrogens (tertiary/aromatic N) is 3. The lowest BCUT2D eigenvalue weighted by Gasteiger charge is -2.18. The van der Waals surface area contributed by atoms with Crippen LogP contribution >= 0.6 is 0 Å². The van der Waals surface area contributed by atoms with Crippen LogP contribution in [0, 0.1) is 6.92 Å². The summed E-state index contributed by atoms with van der Waals surface area (Å²) in [5, 5.41) is 3.97. The minimum absolute atomic E-state index is 0.117. The molecule has 0 bridgehead atoms. The first-order chi connectivity index (χ1) is 12.2. The molecule has 25 heavy (non-hydrogen) atoms. The molecule has 0 unspecified atom stereocenters. The van der Waals surface area contributed by atoms with Crippen molar-refractivity contribution in [1.82, 2.24) is 9.97 Å². The maximum absolute atomic E-state index is 12.4. The van der Waals surface area contributed by atoms with E-state index >= 15 is 0 Å². The summed E-state index contributed by atoms with van der Waals surface area (Å²) < 4.78 is 0. The van der Waals surface area contributed by atoms with Crippen LogP contribution in [0.25, 0.3) is 10.9 Å². The first kappa shape index (κ1) is 15.6. The monoisotopic (exact) mass is 332 g/mol. The van der Waals surface area contributed by atoms with E-state index in [0.29, 0.717) is 5.56 Å². The molecule has 1 aliphatic rings. The molecule has 0 radical (unpaired) electrons. The summed E-state index contributed by atoms with van der Waals surface area (Å²) in [6.07, 6.45) is 4.01. The lowest BCUT2D eigenvalue weighted by atomic mass is 10.1. The number of nitrogens with one attached hydrogen (secondary N) is 1. The van der Waals surface area contributed by atoms with Gasteiger partial charge < -0.3 is 10.2 Å². The highest BCUT2D eigenvalue weighted by Gasteiger charge is 2.16. The number of hydrogen-bond donors (Lipinski definition) is 1. The summed E-state index contributed by atoms with van der Waals surface area (Å²) >= 11 is 0. The van der Waals surface area contributed by atoms with Crippen LogP contribution in [0.5, 0.6) is 0 Å². The van der Waals surface area contributed by atoms with Crippen LogP contribution in [-0.4, -0.2) is 29.0 Å². The maximum atomic E-state index is 12.4. The highest BCUT2D eigenvalue weighted by molar-refractivity contribution is 6.05. The number of benzene rings is 2. The number of hydrogen-bond acceptors (Lipinski definition) is 4. The molecule has 5 heteroatoms. The standard InChI is InChI=1S/C20H20N4O/c1-14-4-6-15(7-5-14)20(25)23-16-8-9-17-18(12-16)21-13-22-19(17)24-10-2-3-11-24/h4-9,12-13H,2-3,10-11H2,1H3,(H,23,25). The Morgan fingerprint density at radius 1 is 1.04 bits per heavy atom. The number of amides is 1. The van der Waals surface area contributed by atoms with Crippen molar-refractivity contribution in [2.45, 2.75) is 19.8 Å². The topological polar surface area (TPSA) is 58.1 Å². The summed E-state index contributed by atoms with van der Waals surface area (Å²) in [6.45, 7) is 4.08. The van der Waals surface area contributed by atoms with E-state index in [1.165, 1.54) is 12.8 Å². The van der Waals surface area contributed by atoms with Gasteiger partial charge in [-0.3, -0.25) is 4.79 Å². The van der Waals surface area contributed by atoms with Crippen molar-refractivity contribution >= 4 is 28.3 Å². The van der Waals surface area contributed by atoms with Gasteiger partial charge in [-0.15, -0.1) is 0 Å². The molecule has 126 valence electrons. The fourth-order valence-electron chi connectivity index (χ4n) is 3.21. The molecule has 1 fully saturated rings. The second-order valence-electron chi connectivity index (χ2n) is 6.44. The van der Waals surface area contributed by atoms with Gasteiger partial charge in [0.25, 0.3) is 5.91 Å². The normalized spacial score (nSPS) is 14.0. The van der Waals surface area contributed by atoms with E-state index in [-0.39, 0.29) is 5.91 Å². The van der Waals surface area contributed by atoms with Crippen molar-refractivity contribution in [3.8, 4) is 0 Å². The molecular weight excluding hydrogens is 312 g/mol. The summed E-state index contributed by atoms with van der Waals surface area (Å²) in [5.41, 5.74) is 3.36. The average Bonchev–Trinajstić information content (AvgIpc) is 3.16. The van der Waals surface area contributed by atoms with Gasteiger partial charge in [0.05, 0.1) is 5.52 Å². The second kappa shape index (κ2) is 6.51. The van der Waals surface area contributed by atoms with Gasteiger partial charge in [-0.25, -0.2) is 9.97 Å². The molecule has 1 aromatic heterocycles. The van der Waals surface area contributed by atoms with Crippen LogP contribution in [-0.2, 0) is 0 Å². The SMILES string of the molecule is Cc1ccc(C(=O)Nc2ccc3c(N4CCCC4)ncnc3c2)cc1. The molecule has 1 saturated heterocycles. The molecule has 0 saturated carbocycles. The Balaban J connectivity index is 1.61. The minimum atomic E-state index is -0.117. The van der Waals surface area contributed by atoms with Gasteiger partial charge in [0.1, 0.15) is 12.1 Å². The third kappa shape index (κ3) is 3.18. The molecule has 5 nitrogen and oxygen atoms in total. The van der Waals surface area contributed by atoms with Crippen molar-refractivity contribution in [3.63, 3.8) is 0 Å². The molecule has 1 N–H and O–H groups in total. The predicted molar refractivity (Wildman–Crippen MR) is 100 cm³/mol. The average molecular weight is 332 g/mol. The van der Waals surface area contributed by atoms with Gasteiger partial charge in [-0.1, -0.05) is 17.7 Å². The molecule has 2 heterocycles. The third-order valence-electron chi connectivity index (χ3n) is 4.59. The highest BCUT2D eigenvalue weighted by Crippen LogP contribution is 2.27. The van der Waals surface area contributed by atoms with Crippen molar-refractivity contribution < 1.29 is 4.79 Å². The fourth-order valence-corrected chi connectivity index (χ4v) is 3.21. The van der Waals surface area contributed by atoms with E-state index in [2.05, 4.69) is 20.2 Å². The van der Waals surface area contributed by atoms with Gasteiger partial charge in [-0.2, -0.15) is 0 Å². The summed E-state index contributed by atoms with van der Waals surface area (Å²) in [6, 6.07) is 13.3. The maximum Gasteiger partial charge on any atom is 0.255 e. The van der Waals surface area contributed by atoms with Gasteiger partial charge in [0.15, 0.2) is 0 Å². The van der Waals surface area contributed by atoms with Crippen LogP contribution < -0.4 is 10.2 Å². The second-order valence-corrected chi connectivity index (χ2v) is 6.44. The van der Waals surface area contributed by atoms with Crippen LogP contribution in [0.3, 0.4) is 0 Å². The number of fused-ring (bicyclic) bond motifs is 1. The number of carbonyl (C=O) groups excluding carboxylic acids is 1. The lowest BCUT2D eigenvalue weighted by molar-refractivity contribution is 0.102. The smallest absolute Gasteiger partial charge is 0.255 e. The van der Waals surface area contributed by atoms with E-state index in [0.717, 1.165) is 41.1 Å². The molecule has 1 aliphatic heterocycles. The number of rotatable bonds is 3. The Hall–Kier alpha value is -2.95. The molecule has 0 atom stereocenters. The van der Waals surface area contributed by atoms with E-state index in [4.69, 9.17) is 0 Å². The van der Waals surface area contributed by atoms with E-state index < -0.39 is 0 Å². The molecular formula is C20H20N4O. The molecule has 2 aromatic carbocycles. The molecule has 3 aromatic rings. The molecule has 1 amide bonds. The molecule has 0 aliphatic carbocycles. The lowest BCUT2D eigenvalue weighted by Crippen LogP contribution is -2.19. The minimum Gasteiger partial charge on any atom is -0.356 e. The first-order valence-corrected chi connectivity index (χ1v) is 8.58. The zero-order chi connectivity index (χ0) is 17.2. The van der Waals surface area contributed by atoms with Gasteiger partial charge >= 0.3 is 0 Å². The highest BCUT2D eigenvalue weighted by atomic mass is 16.1. The Kier molecular flexibility index (Phi) is 4.06. The Labute approximate surface area is 146 Å². The number of carbonyl (C=O) groups is 1. The fraction of sp³-hybridized carbons (Fsp3) is 0.250. The van der Waals surface area contributed by atoms with E-state index in [9.17, 15) is 4.79 Å². The summed E-state index contributed by atoms with van der Waals surface area (Å²) in [4.78, 5) is 23.5. The Morgan fingerprint density at radius 3 is 2.56 bits per heavy atom. The summed E-state index contributed by atoms with van der Waals surface area (Å²) in [7, 11) is 0. The van der Waals surface area contributed by atoms with Crippen LogP contribution in [0.15, 0.2) is 48.8 Å². The van der Waals surface area contributed by atoms with Crippen LogP contribution in [0.2, 0.25) is 0 Å². The van der Waals surface area contributed by atoms with Crippen molar-refractivity contribution in [1.29, 1.82) is 0 Å². The predicted octanol–water partition coefficient (Wildman–Crippen LogP) is 3.79. The van der Waals surface area contributed by atoms with Crippen LogP contribution in [0.4, 0.5) is 11.5 Å². The Bertz CT molecular complexity index is 915. The first-order valence-electron chi connectivity index (χ1n) is 8.58. The van der Waals surface area contributed by atoms with Gasteiger partial charge in [0.2, 0.25) is 0 Å². The largest absolute Gasteiger partial charge is 0.356 e. The zero-order valence-corrected chi connectivity index (χ0v) is 14.2. The quantitative estimate of drug-likeness (QED) is 0.793. The number of aromatic nitrogens is 2. The van der Waals surface area contributed by atoms with Crippen LogP contribution in [0.1, 0.15) is 28.8 Å². The zero-order valence-electron chi connectivity index (χ0n) is 14.2. The van der Waals surface area contributed by atoms with Gasteiger partial charge in [0, 0.05) is 29.7 Å². The molecule has 4 rings (SSSR count). The molecule has 0 spiro atoms. The number of anilines is 2. The van der Waals surface area contributed by atoms with E-state index in [1.54, 1.807) is 6.33 Å². The van der Waals surface area contributed by atoms with Crippen molar-refractivity contribution in [2.75, 3.05) is 23.3 Å².